The molecule has 5 N–H and O–H groups in total. The Labute approximate surface area is 243 Å². The van der Waals surface area contributed by atoms with Gasteiger partial charge in [0.05, 0.1) is 18.1 Å². The van der Waals surface area contributed by atoms with E-state index >= 15 is 0 Å². The summed E-state index contributed by atoms with van der Waals surface area (Å²) in [6.45, 7) is 1.80. The van der Waals surface area contributed by atoms with Crippen molar-refractivity contribution in [3.63, 3.8) is 0 Å². The zero-order valence-corrected chi connectivity index (χ0v) is 24.2. The molecule has 212 valence electrons. The van der Waals surface area contributed by atoms with Crippen molar-refractivity contribution in [1.29, 1.82) is 0 Å². The van der Waals surface area contributed by atoms with Gasteiger partial charge in [-0.05, 0) is 78.2 Å². The monoisotopic (exact) mass is 604 g/mol. The smallest absolute Gasteiger partial charge is 0.248 e. The van der Waals surface area contributed by atoms with E-state index in [4.69, 9.17) is 39.4 Å². The van der Waals surface area contributed by atoms with Gasteiger partial charge in [-0.3, -0.25) is 9.59 Å². The number of benzene rings is 3. The zero-order chi connectivity index (χ0) is 29.0. The van der Waals surface area contributed by atoms with Crippen LogP contribution in [0.1, 0.15) is 48.9 Å². The fourth-order valence-corrected chi connectivity index (χ4v) is 6.40. The Morgan fingerprint density at radius 2 is 1.75 bits per heavy atom. The molecule has 9 nitrogen and oxygen atoms in total. The van der Waals surface area contributed by atoms with Crippen molar-refractivity contribution in [1.82, 2.24) is 9.62 Å². The third-order valence-electron chi connectivity index (χ3n) is 6.79. The highest BCUT2D eigenvalue weighted by molar-refractivity contribution is 7.89. The molecule has 12 heteroatoms. The number of halogens is 2. The molecule has 2 amide bonds. The molecular formula is C28H30Cl2N4O5S. The lowest BCUT2D eigenvalue weighted by molar-refractivity contribution is 0.0986. The number of nitrogens with zero attached hydrogens (tertiary/aromatic N) is 1. The highest BCUT2D eigenvalue weighted by Crippen LogP contribution is 2.38. The molecule has 0 aromatic heterocycles. The van der Waals surface area contributed by atoms with Crippen LogP contribution in [-0.2, 0) is 27.7 Å². The van der Waals surface area contributed by atoms with E-state index in [0.717, 1.165) is 23.2 Å². The van der Waals surface area contributed by atoms with E-state index < -0.39 is 21.8 Å². The highest BCUT2D eigenvalue weighted by Gasteiger charge is 2.27. The van der Waals surface area contributed by atoms with Crippen LogP contribution in [0, 0.1) is 0 Å². The third kappa shape index (κ3) is 7.01. The second-order valence-electron chi connectivity index (χ2n) is 9.63. The van der Waals surface area contributed by atoms with E-state index in [1.54, 1.807) is 18.2 Å². The second kappa shape index (κ2) is 12.7. The first-order valence-electron chi connectivity index (χ1n) is 12.5. The van der Waals surface area contributed by atoms with Crippen LogP contribution in [0.25, 0.3) is 0 Å². The fourth-order valence-electron chi connectivity index (χ4n) is 4.82. The summed E-state index contributed by atoms with van der Waals surface area (Å²) in [5, 5.41) is 1.19. The number of nitrogens with two attached hydrogens (primary N) is 2. The van der Waals surface area contributed by atoms with Crippen molar-refractivity contribution in [3.05, 3.63) is 98.0 Å². The molecule has 1 aliphatic heterocycles. The first-order valence-corrected chi connectivity index (χ1v) is 14.8. The largest absolute Gasteiger partial charge is 0.380 e. The van der Waals surface area contributed by atoms with Gasteiger partial charge in [-0.2, -0.15) is 0 Å². The lowest BCUT2D eigenvalue weighted by Gasteiger charge is -2.33. The first-order chi connectivity index (χ1) is 19.0. The maximum atomic E-state index is 12.8. The Bertz CT molecular complexity index is 1530. The molecule has 0 fully saturated rings. The van der Waals surface area contributed by atoms with E-state index in [1.165, 1.54) is 18.2 Å². The number of ether oxygens (including phenoxy) is 1. The Hall–Kier alpha value is -2.99. The number of likely N-dealkylation sites (N-methyl/N-ethyl adjacent to an activating group) is 1. The predicted molar refractivity (Wildman–Crippen MR) is 154 cm³/mol. The van der Waals surface area contributed by atoms with Crippen molar-refractivity contribution >= 4 is 45.0 Å². The number of primary amides is 2. The molecule has 1 unspecified atom stereocenters. The quantitative estimate of drug-likeness (QED) is 0.286. The van der Waals surface area contributed by atoms with Gasteiger partial charge < -0.3 is 21.1 Å². The minimum Gasteiger partial charge on any atom is -0.380 e. The number of amides is 2. The molecule has 4 rings (SSSR count). The minimum atomic E-state index is -3.76. The van der Waals surface area contributed by atoms with Crippen molar-refractivity contribution < 1.29 is 22.7 Å². The zero-order valence-electron chi connectivity index (χ0n) is 21.8. The normalized spacial score (nSPS) is 15.5. The van der Waals surface area contributed by atoms with Crippen molar-refractivity contribution in [3.8, 4) is 0 Å². The van der Waals surface area contributed by atoms with Crippen LogP contribution in [0.2, 0.25) is 10.0 Å². The van der Waals surface area contributed by atoms with Gasteiger partial charge in [-0.25, -0.2) is 13.1 Å². The maximum Gasteiger partial charge on any atom is 0.248 e. The number of nitrogens with one attached hydrogen (secondary N) is 1. The number of hydrogen-bond acceptors (Lipinski definition) is 6. The number of carbonyl (C=O) groups is 2. The summed E-state index contributed by atoms with van der Waals surface area (Å²) in [6.07, 6.45) is 0.295. The van der Waals surface area contributed by atoms with Crippen LogP contribution in [-0.4, -0.2) is 58.5 Å². The van der Waals surface area contributed by atoms with Crippen LogP contribution < -0.4 is 16.2 Å². The fraction of sp³-hybridized carbons (Fsp3) is 0.286. The van der Waals surface area contributed by atoms with Gasteiger partial charge in [-0.15, -0.1) is 0 Å². The molecule has 0 aliphatic carbocycles. The van der Waals surface area contributed by atoms with Gasteiger partial charge in [0.15, 0.2) is 0 Å². The van der Waals surface area contributed by atoms with Crippen molar-refractivity contribution in [2.24, 2.45) is 11.5 Å². The molecule has 40 heavy (non-hydrogen) atoms. The third-order valence-corrected chi connectivity index (χ3v) is 8.83. The number of fused-ring (bicyclic) bond motifs is 1. The van der Waals surface area contributed by atoms with Gasteiger partial charge in [0.25, 0.3) is 0 Å². The number of sulfonamides is 1. The average molecular weight is 606 g/mol. The van der Waals surface area contributed by atoms with E-state index in [1.807, 2.05) is 25.2 Å². The standard InChI is InChI=1S/C28H30Cl2N4O5S/c1-34-15-24(23-13-20(29)14-26(30)25(23)16-34)17-2-5-21(6-3-17)40(37,38)33-9-11-39-10-8-18-12-19(27(31)35)4-7-22(18)28(32)36/h2-7,12-14,24,33H,8-11,15-16H2,1H3,(H2,31,35)(H2,32,36). The summed E-state index contributed by atoms with van der Waals surface area (Å²) in [5.41, 5.74) is 14.8. The molecule has 3 aromatic carbocycles. The number of carbonyl (C=O) groups excluding carboxylic acids is 2. The molecule has 0 saturated carbocycles. The van der Waals surface area contributed by atoms with Gasteiger partial charge in [0.2, 0.25) is 21.8 Å². The molecule has 1 heterocycles. The lowest BCUT2D eigenvalue weighted by Crippen LogP contribution is -2.31. The van der Waals surface area contributed by atoms with Crippen LogP contribution in [0.4, 0.5) is 0 Å². The lowest BCUT2D eigenvalue weighted by atomic mass is 9.85. The second-order valence-corrected chi connectivity index (χ2v) is 12.2. The summed E-state index contributed by atoms with van der Waals surface area (Å²) in [5.74, 6) is -1.25. The molecule has 1 atom stereocenters. The summed E-state index contributed by atoms with van der Waals surface area (Å²) < 4.78 is 33.7. The Morgan fingerprint density at radius 3 is 2.42 bits per heavy atom. The highest BCUT2D eigenvalue weighted by atomic mass is 35.5. The van der Waals surface area contributed by atoms with E-state index in [0.29, 0.717) is 28.6 Å². The van der Waals surface area contributed by atoms with E-state index in [-0.39, 0.29) is 41.7 Å². The van der Waals surface area contributed by atoms with Crippen LogP contribution >= 0.6 is 23.2 Å². The van der Waals surface area contributed by atoms with Crippen molar-refractivity contribution in [2.45, 2.75) is 23.8 Å². The Balaban J connectivity index is 1.33. The van der Waals surface area contributed by atoms with Gasteiger partial charge in [-0.1, -0.05) is 35.3 Å². The molecule has 0 radical (unpaired) electrons. The van der Waals surface area contributed by atoms with Crippen LogP contribution in [0.3, 0.4) is 0 Å². The molecule has 0 spiro atoms. The van der Waals surface area contributed by atoms with Crippen LogP contribution in [0.5, 0.6) is 0 Å². The first kappa shape index (κ1) is 30.0. The summed E-state index contributed by atoms with van der Waals surface area (Å²) in [4.78, 5) is 25.4. The van der Waals surface area contributed by atoms with Crippen LogP contribution in [0.15, 0.2) is 59.5 Å². The molecule has 0 saturated heterocycles. The minimum absolute atomic E-state index is 0.00168. The summed E-state index contributed by atoms with van der Waals surface area (Å²) >= 11 is 12.7. The molecule has 3 aromatic rings. The van der Waals surface area contributed by atoms with Gasteiger partial charge >= 0.3 is 0 Å². The average Bonchev–Trinajstić information content (AvgIpc) is 2.90. The number of hydrogen-bond donors (Lipinski definition) is 3. The molecular weight excluding hydrogens is 575 g/mol. The maximum absolute atomic E-state index is 12.8. The SMILES string of the molecule is CN1Cc2c(Cl)cc(Cl)cc2C(c2ccc(S(=O)(=O)NCCOCCc3cc(C(N)=O)ccc3C(N)=O)cc2)C1. The van der Waals surface area contributed by atoms with Gasteiger partial charge in [0.1, 0.15) is 0 Å². The predicted octanol–water partition coefficient (Wildman–Crippen LogP) is 3.31. The number of rotatable bonds is 11. The van der Waals surface area contributed by atoms with E-state index in [2.05, 4.69) is 9.62 Å². The molecule has 1 aliphatic rings. The molecule has 0 bridgehead atoms. The summed E-state index contributed by atoms with van der Waals surface area (Å²) in [7, 11) is -1.75. The van der Waals surface area contributed by atoms with Crippen molar-refractivity contribution in [2.75, 3.05) is 33.4 Å². The topological polar surface area (TPSA) is 145 Å². The van der Waals surface area contributed by atoms with E-state index in [9.17, 15) is 18.0 Å². The Kier molecular flexibility index (Phi) is 9.50. The Morgan fingerprint density at radius 1 is 1.02 bits per heavy atom. The summed E-state index contributed by atoms with van der Waals surface area (Å²) in [6, 6.07) is 14.8. The van der Waals surface area contributed by atoms with Gasteiger partial charge in [0, 0.05) is 46.7 Å².